The molecule has 0 aliphatic carbocycles. The Balaban J connectivity index is 2.75. The summed E-state index contributed by atoms with van der Waals surface area (Å²) < 4.78 is 16.1. The molecule has 0 radical (unpaired) electrons. The lowest BCUT2D eigenvalue weighted by Crippen LogP contribution is -2.29. The van der Waals surface area contributed by atoms with Crippen LogP contribution in [-0.2, 0) is 11.3 Å². The molecule has 0 fully saturated rings. The third-order valence-corrected chi connectivity index (χ3v) is 2.96. The molecule has 1 rings (SSSR count). The first kappa shape index (κ1) is 17.1. The van der Waals surface area contributed by atoms with Crippen LogP contribution >= 0.6 is 0 Å². The highest BCUT2D eigenvalue weighted by Gasteiger charge is 2.15. The standard InChI is InChI=1S/C15H24N2O4/c1-4-5-6-17-14(18)10-21-15-12(19-2)7-11(9-16)8-13(15)20-3/h7-8H,4-6,9-10,16H2,1-3H3,(H,17,18). The minimum Gasteiger partial charge on any atom is -0.493 e. The maximum absolute atomic E-state index is 11.7. The van der Waals surface area contributed by atoms with Crippen LogP contribution in [0.1, 0.15) is 25.3 Å². The Kier molecular flexibility index (Phi) is 7.39. The van der Waals surface area contributed by atoms with E-state index in [9.17, 15) is 4.79 Å². The van der Waals surface area contributed by atoms with E-state index in [4.69, 9.17) is 19.9 Å². The van der Waals surface area contributed by atoms with Crippen LogP contribution in [0.3, 0.4) is 0 Å². The lowest BCUT2D eigenvalue weighted by Gasteiger charge is -2.15. The summed E-state index contributed by atoms with van der Waals surface area (Å²) in [4.78, 5) is 11.7. The summed E-state index contributed by atoms with van der Waals surface area (Å²) in [5.74, 6) is 1.23. The molecule has 0 atom stereocenters. The Morgan fingerprint density at radius 3 is 2.33 bits per heavy atom. The van der Waals surface area contributed by atoms with Gasteiger partial charge in [0.25, 0.3) is 5.91 Å². The molecule has 0 unspecified atom stereocenters. The average Bonchev–Trinajstić information content (AvgIpc) is 2.52. The van der Waals surface area contributed by atoms with Crippen molar-refractivity contribution in [3.05, 3.63) is 17.7 Å². The molecule has 1 aromatic carbocycles. The van der Waals surface area contributed by atoms with Gasteiger partial charge in [0.1, 0.15) is 0 Å². The highest BCUT2D eigenvalue weighted by molar-refractivity contribution is 5.77. The van der Waals surface area contributed by atoms with Gasteiger partial charge in [0.15, 0.2) is 18.1 Å². The highest BCUT2D eigenvalue weighted by atomic mass is 16.5. The fourth-order valence-corrected chi connectivity index (χ4v) is 1.79. The SMILES string of the molecule is CCCCNC(=O)COc1c(OC)cc(CN)cc1OC. The normalized spacial score (nSPS) is 10.1. The number of nitrogens with one attached hydrogen (secondary N) is 1. The summed E-state index contributed by atoms with van der Waals surface area (Å²) in [6.07, 6.45) is 1.98. The lowest BCUT2D eigenvalue weighted by molar-refractivity contribution is -0.123. The number of rotatable bonds is 9. The summed E-state index contributed by atoms with van der Waals surface area (Å²) in [5, 5.41) is 2.79. The molecule has 0 aromatic heterocycles. The minimum atomic E-state index is -0.171. The number of benzene rings is 1. The highest BCUT2D eigenvalue weighted by Crippen LogP contribution is 2.38. The van der Waals surface area contributed by atoms with Gasteiger partial charge in [0.05, 0.1) is 14.2 Å². The molecule has 0 saturated heterocycles. The maximum Gasteiger partial charge on any atom is 0.257 e. The van der Waals surface area contributed by atoms with Gasteiger partial charge in [-0.1, -0.05) is 13.3 Å². The monoisotopic (exact) mass is 296 g/mol. The Morgan fingerprint density at radius 2 is 1.86 bits per heavy atom. The van der Waals surface area contributed by atoms with Gasteiger partial charge >= 0.3 is 0 Å². The zero-order valence-electron chi connectivity index (χ0n) is 12.9. The second kappa shape index (κ2) is 9.07. The smallest absolute Gasteiger partial charge is 0.257 e. The van der Waals surface area contributed by atoms with Crippen molar-refractivity contribution in [2.45, 2.75) is 26.3 Å². The number of ether oxygens (including phenoxy) is 3. The van der Waals surface area contributed by atoms with E-state index in [0.29, 0.717) is 30.3 Å². The molecule has 3 N–H and O–H groups in total. The predicted molar refractivity (Wildman–Crippen MR) is 80.9 cm³/mol. The molecular formula is C15H24N2O4. The van der Waals surface area contributed by atoms with Gasteiger partial charge in [-0.25, -0.2) is 0 Å². The van der Waals surface area contributed by atoms with Crippen LogP contribution in [-0.4, -0.2) is 33.3 Å². The third kappa shape index (κ3) is 5.15. The van der Waals surface area contributed by atoms with Crippen LogP contribution in [0, 0.1) is 0 Å². The van der Waals surface area contributed by atoms with Crippen molar-refractivity contribution in [1.29, 1.82) is 0 Å². The van der Waals surface area contributed by atoms with Crippen LogP contribution in [0.15, 0.2) is 12.1 Å². The quantitative estimate of drug-likeness (QED) is 0.674. The number of carbonyl (C=O) groups is 1. The summed E-state index contributed by atoms with van der Waals surface area (Å²) in [7, 11) is 3.06. The number of amides is 1. The zero-order chi connectivity index (χ0) is 15.7. The van der Waals surface area contributed by atoms with Crippen molar-refractivity contribution in [2.75, 3.05) is 27.4 Å². The fraction of sp³-hybridized carbons (Fsp3) is 0.533. The Labute approximate surface area is 125 Å². The van der Waals surface area contributed by atoms with Crippen molar-refractivity contribution < 1.29 is 19.0 Å². The van der Waals surface area contributed by atoms with Gasteiger partial charge in [-0.05, 0) is 24.1 Å². The Bertz CT molecular complexity index is 438. The van der Waals surface area contributed by atoms with Crippen LogP contribution in [0.4, 0.5) is 0 Å². The van der Waals surface area contributed by atoms with Gasteiger partial charge < -0.3 is 25.3 Å². The van der Waals surface area contributed by atoms with Crippen molar-refractivity contribution in [2.24, 2.45) is 5.73 Å². The van der Waals surface area contributed by atoms with Crippen molar-refractivity contribution >= 4 is 5.91 Å². The molecule has 0 saturated carbocycles. The predicted octanol–water partition coefficient (Wildman–Crippen LogP) is 1.46. The molecule has 0 aliphatic rings. The topological polar surface area (TPSA) is 82.8 Å². The summed E-state index contributed by atoms with van der Waals surface area (Å²) in [6, 6.07) is 3.54. The minimum absolute atomic E-state index is 0.0849. The van der Waals surface area contributed by atoms with Gasteiger partial charge in [-0.3, -0.25) is 4.79 Å². The molecule has 21 heavy (non-hydrogen) atoms. The number of methoxy groups -OCH3 is 2. The van der Waals surface area contributed by atoms with Crippen molar-refractivity contribution in [1.82, 2.24) is 5.32 Å². The molecule has 0 heterocycles. The zero-order valence-corrected chi connectivity index (χ0v) is 12.9. The van der Waals surface area contributed by atoms with Gasteiger partial charge in [0.2, 0.25) is 5.75 Å². The fourth-order valence-electron chi connectivity index (χ4n) is 1.79. The number of unbranched alkanes of at least 4 members (excludes halogenated alkanes) is 1. The second-order valence-corrected chi connectivity index (χ2v) is 4.53. The van der Waals surface area contributed by atoms with Crippen molar-refractivity contribution in [3.63, 3.8) is 0 Å². The van der Waals surface area contributed by atoms with Gasteiger partial charge in [0, 0.05) is 13.1 Å². The van der Waals surface area contributed by atoms with Crippen molar-refractivity contribution in [3.8, 4) is 17.2 Å². The first-order chi connectivity index (χ1) is 10.2. The number of hydrogen-bond acceptors (Lipinski definition) is 5. The number of hydrogen-bond donors (Lipinski definition) is 2. The van der Waals surface area contributed by atoms with E-state index in [1.807, 2.05) is 0 Å². The van der Waals surface area contributed by atoms with E-state index in [2.05, 4.69) is 12.2 Å². The third-order valence-electron chi connectivity index (χ3n) is 2.96. The van der Waals surface area contributed by atoms with E-state index in [1.54, 1.807) is 12.1 Å². The number of nitrogens with two attached hydrogens (primary N) is 1. The molecule has 0 bridgehead atoms. The molecule has 1 aromatic rings. The van der Waals surface area contributed by atoms with E-state index in [1.165, 1.54) is 14.2 Å². The van der Waals surface area contributed by atoms with Crippen LogP contribution < -0.4 is 25.3 Å². The molecule has 6 heteroatoms. The van der Waals surface area contributed by atoms with E-state index in [-0.39, 0.29) is 12.5 Å². The Hall–Kier alpha value is -1.95. The summed E-state index contributed by atoms with van der Waals surface area (Å²) in [5.41, 5.74) is 6.49. The summed E-state index contributed by atoms with van der Waals surface area (Å²) in [6.45, 7) is 3.00. The molecule has 6 nitrogen and oxygen atoms in total. The van der Waals surface area contributed by atoms with E-state index in [0.717, 1.165) is 18.4 Å². The lowest BCUT2D eigenvalue weighted by atomic mass is 10.2. The molecule has 0 aliphatic heterocycles. The first-order valence-electron chi connectivity index (χ1n) is 7.00. The maximum atomic E-state index is 11.7. The van der Waals surface area contributed by atoms with E-state index < -0.39 is 0 Å². The van der Waals surface area contributed by atoms with Crippen LogP contribution in [0.25, 0.3) is 0 Å². The first-order valence-corrected chi connectivity index (χ1v) is 7.00. The molecular weight excluding hydrogens is 272 g/mol. The van der Waals surface area contributed by atoms with Gasteiger partial charge in [-0.2, -0.15) is 0 Å². The average molecular weight is 296 g/mol. The Morgan fingerprint density at radius 1 is 1.24 bits per heavy atom. The second-order valence-electron chi connectivity index (χ2n) is 4.53. The van der Waals surface area contributed by atoms with Crippen LogP contribution in [0.5, 0.6) is 17.2 Å². The molecule has 0 spiro atoms. The molecule has 1 amide bonds. The van der Waals surface area contributed by atoms with Crippen LogP contribution in [0.2, 0.25) is 0 Å². The molecule has 118 valence electrons. The largest absolute Gasteiger partial charge is 0.493 e. The number of carbonyl (C=O) groups excluding carboxylic acids is 1. The van der Waals surface area contributed by atoms with E-state index >= 15 is 0 Å². The summed E-state index contributed by atoms with van der Waals surface area (Å²) >= 11 is 0. The van der Waals surface area contributed by atoms with Gasteiger partial charge in [-0.15, -0.1) is 0 Å².